The molecule has 0 saturated heterocycles. The summed E-state index contributed by atoms with van der Waals surface area (Å²) in [5, 5.41) is 3.42. The van der Waals surface area contributed by atoms with Gasteiger partial charge in [0.05, 0.1) is 0 Å². The lowest BCUT2D eigenvalue weighted by Gasteiger charge is -2.32. The first kappa shape index (κ1) is 20.1. The van der Waals surface area contributed by atoms with Gasteiger partial charge in [-0.15, -0.1) is 0 Å². The zero-order chi connectivity index (χ0) is 17.3. The molecule has 0 unspecified atom stereocenters. The molecule has 0 amide bonds. The highest BCUT2D eigenvalue weighted by Crippen LogP contribution is 2.21. The van der Waals surface area contributed by atoms with Crippen molar-refractivity contribution >= 4 is 29.1 Å². The molecule has 0 spiro atoms. The van der Waals surface area contributed by atoms with Crippen LogP contribution in [0, 0.1) is 0 Å². The minimum atomic E-state index is -2.96. The molecule has 0 bridgehead atoms. The van der Waals surface area contributed by atoms with Gasteiger partial charge in [-0.3, -0.25) is 0 Å². The molecule has 0 heterocycles. The van der Waals surface area contributed by atoms with Crippen molar-refractivity contribution in [3.63, 3.8) is 0 Å². The van der Waals surface area contributed by atoms with Gasteiger partial charge in [0.2, 0.25) is 0 Å². The van der Waals surface area contributed by atoms with Crippen molar-refractivity contribution in [3.05, 3.63) is 36.4 Å². The third kappa shape index (κ3) is 6.58. The molecule has 0 aliphatic carbocycles. The Balaban J connectivity index is 2.42. The maximum atomic E-state index is 6.13. The van der Waals surface area contributed by atoms with Crippen LogP contribution in [0.4, 0.5) is 5.69 Å². The molecule has 1 aromatic carbocycles. The van der Waals surface area contributed by atoms with E-state index in [1.54, 1.807) is 21.3 Å². The highest BCUT2D eigenvalue weighted by atomic mass is 28.5. The van der Waals surface area contributed by atoms with Gasteiger partial charge in [-0.2, -0.15) is 0 Å². The Morgan fingerprint density at radius 2 is 1.61 bits per heavy atom. The second-order valence-corrected chi connectivity index (χ2v) is 12.9. The number of hydrogen-bond acceptors (Lipinski definition) is 5. The summed E-state index contributed by atoms with van der Waals surface area (Å²) < 4.78 is 22.2. The van der Waals surface area contributed by atoms with E-state index in [4.69, 9.17) is 17.4 Å². The summed E-state index contributed by atoms with van der Waals surface area (Å²) in [7, 11) is -0.174. The van der Waals surface area contributed by atoms with Gasteiger partial charge in [0.25, 0.3) is 0 Å². The summed E-state index contributed by atoms with van der Waals surface area (Å²) in [5.74, 6) is 0. The first-order chi connectivity index (χ1) is 10.9. The lowest BCUT2D eigenvalue weighted by Crippen LogP contribution is -2.54. The predicted octanol–water partition coefficient (Wildman–Crippen LogP) is 3.73. The van der Waals surface area contributed by atoms with E-state index < -0.39 is 17.4 Å². The maximum absolute atomic E-state index is 6.13. The third-order valence-electron chi connectivity index (χ3n) is 3.58. The highest BCUT2D eigenvalue weighted by Gasteiger charge is 2.47. The van der Waals surface area contributed by atoms with E-state index in [-0.39, 0.29) is 0 Å². The van der Waals surface area contributed by atoms with Crippen LogP contribution in [-0.2, 0) is 17.4 Å². The maximum Gasteiger partial charge on any atom is 0.668 e. The number of nitrogens with one attached hydrogen (secondary N) is 1. The fourth-order valence-corrected chi connectivity index (χ4v) is 7.89. The number of benzene rings is 1. The Kier molecular flexibility index (Phi) is 8.17. The van der Waals surface area contributed by atoms with Gasteiger partial charge < -0.3 is 22.7 Å². The minimum absolute atomic E-state index is 0.898. The molecule has 0 aliphatic rings. The van der Waals surface area contributed by atoms with E-state index in [1.807, 2.05) is 18.2 Å². The van der Waals surface area contributed by atoms with E-state index >= 15 is 0 Å². The molecule has 5 nitrogen and oxygen atoms in total. The summed E-state index contributed by atoms with van der Waals surface area (Å²) >= 11 is 0. The normalized spacial score (nSPS) is 12.2. The average Bonchev–Trinajstić information content (AvgIpc) is 2.57. The van der Waals surface area contributed by atoms with Crippen molar-refractivity contribution in [1.82, 2.24) is 0 Å². The van der Waals surface area contributed by atoms with Crippen LogP contribution < -0.4 is 5.32 Å². The quantitative estimate of drug-likeness (QED) is 0.484. The third-order valence-corrected chi connectivity index (χ3v) is 9.85. The number of anilines is 1. The molecule has 1 rings (SSSR count). The lowest BCUT2D eigenvalue weighted by atomic mass is 10.2. The van der Waals surface area contributed by atoms with Crippen molar-refractivity contribution in [3.8, 4) is 0 Å². The Morgan fingerprint density at radius 3 is 2.09 bits per heavy atom. The summed E-state index contributed by atoms with van der Waals surface area (Å²) in [6.07, 6.45) is 2.86. The molecule has 0 aliphatic heterocycles. The molecule has 0 radical (unpaired) electrons. The van der Waals surface area contributed by atoms with E-state index in [0.29, 0.717) is 0 Å². The standard InChI is InChI=1S/C16H29NO4Si2/c1-7-15-9-11-16(12-10-15)17-13-8-14-22(5,6)21-23(18-2,19-3)20-4/h7,9-12,17H,1,8,13-14H2,2-6H3. The SMILES string of the molecule is C=Cc1ccc(NCCC[Si](C)(C)O[Si](OC)(OC)OC)cc1. The Hall–Kier alpha value is -0.966. The molecule has 23 heavy (non-hydrogen) atoms. The number of rotatable bonds is 11. The molecular formula is C16H29NO4Si2. The van der Waals surface area contributed by atoms with Crippen LogP contribution in [0.1, 0.15) is 12.0 Å². The van der Waals surface area contributed by atoms with E-state index in [1.165, 1.54) is 0 Å². The molecule has 0 atom stereocenters. The molecule has 1 N–H and O–H groups in total. The van der Waals surface area contributed by atoms with Crippen molar-refractivity contribution < 1.29 is 17.4 Å². The Morgan fingerprint density at radius 1 is 1.04 bits per heavy atom. The Labute approximate surface area is 142 Å². The smallest absolute Gasteiger partial charge is 0.394 e. The molecule has 0 aromatic heterocycles. The van der Waals surface area contributed by atoms with Gasteiger partial charge in [0.15, 0.2) is 8.32 Å². The van der Waals surface area contributed by atoms with Crippen molar-refractivity contribution in [2.45, 2.75) is 25.6 Å². The first-order valence-corrected chi connectivity index (χ1v) is 12.5. The molecule has 130 valence electrons. The van der Waals surface area contributed by atoms with Crippen molar-refractivity contribution in [1.29, 1.82) is 0 Å². The van der Waals surface area contributed by atoms with Gasteiger partial charge in [-0.25, -0.2) is 0 Å². The molecular weight excluding hydrogens is 326 g/mol. The second-order valence-electron chi connectivity index (χ2n) is 5.83. The number of hydrogen-bond donors (Lipinski definition) is 1. The fraction of sp³-hybridized carbons (Fsp3) is 0.500. The molecule has 1 aromatic rings. The first-order valence-electron chi connectivity index (χ1n) is 7.72. The van der Waals surface area contributed by atoms with E-state index in [9.17, 15) is 0 Å². The van der Waals surface area contributed by atoms with Gasteiger partial charge in [0.1, 0.15) is 0 Å². The van der Waals surface area contributed by atoms with Gasteiger partial charge in [-0.1, -0.05) is 24.8 Å². The summed E-state index contributed by atoms with van der Waals surface area (Å²) in [4.78, 5) is 0. The van der Waals surface area contributed by atoms with Crippen molar-refractivity contribution in [2.75, 3.05) is 33.2 Å². The summed E-state index contributed by atoms with van der Waals surface area (Å²) in [6, 6.07) is 9.22. The van der Waals surface area contributed by atoms with Gasteiger partial charge in [-0.05, 0) is 43.3 Å². The monoisotopic (exact) mass is 355 g/mol. The van der Waals surface area contributed by atoms with Crippen LogP contribution >= 0.6 is 0 Å². The zero-order valence-corrected chi connectivity index (χ0v) is 16.8. The van der Waals surface area contributed by atoms with Gasteiger partial charge in [0, 0.05) is 33.6 Å². The largest absolute Gasteiger partial charge is 0.668 e. The highest BCUT2D eigenvalue weighted by molar-refractivity contribution is 6.78. The molecule has 7 heteroatoms. The van der Waals surface area contributed by atoms with Crippen molar-refractivity contribution in [2.24, 2.45) is 0 Å². The predicted molar refractivity (Wildman–Crippen MR) is 99.8 cm³/mol. The van der Waals surface area contributed by atoms with E-state index in [0.717, 1.165) is 30.3 Å². The zero-order valence-electron chi connectivity index (χ0n) is 14.8. The lowest BCUT2D eigenvalue weighted by molar-refractivity contribution is 0.0478. The van der Waals surface area contributed by atoms with Gasteiger partial charge >= 0.3 is 9.05 Å². The Bertz CT molecular complexity index is 467. The second kappa shape index (κ2) is 9.36. The molecule has 0 saturated carbocycles. The summed E-state index contributed by atoms with van der Waals surface area (Å²) in [6.45, 7) is 8.97. The van der Waals surface area contributed by atoms with E-state index in [2.05, 4.69) is 37.1 Å². The summed E-state index contributed by atoms with van der Waals surface area (Å²) in [5.41, 5.74) is 2.24. The minimum Gasteiger partial charge on any atom is -0.394 e. The average molecular weight is 356 g/mol. The van der Waals surface area contributed by atoms with Crippen LogP contribution in [0.15, 0.2) is 30.8 Å². The van der Waals surface area contributed by atoms with Crippen LogP contribution in [0.2, 0.25) is 19.1 Å². The fourth-order valence-electron chi connectivity index (χ4n) is 2.25. The van der Waals surface area contributed by atoms with Crippen LogP contribution in [-0.4, -0.2) is 45.2 Å². The van der Waals surface area contributed by atoms with Crippen LogP contribution in [0.5, 0.6) is 0 Å². The van der Waals surface area contributed by atoms with Crippen LogP contribution in [0.3, 0.4) is 0 Å². The molecule has 0 fully saturated rings. The van der Waals surface area contributed by atoms with Crippen LogP contribution in [0.25, 0.3) is 6.08 Å². The topological polar surface area (TPSA) is 49.0 Å².